The van der Waals surface area contributed by atoms with Crippen LogP contribution in [-0.4, -0.2) is 15.0 Å². The van der Waals surface area contributed by atoms with Gasteiger partial charge in [-0.3, -0.25) is 0 Å². The molecule has 0 unspecified atom stereocenters. The molecule has 238 valence electrons. The van der Waals surface area contributed by atoms with Crippen LogP contribution in [0.1, 0.15) is 22.3 Å². The zero-order chi connectivity index (χ0) is 33.5. The van der Waals surface area contributed by atoms with E-state index >= 15 is 0 Å². The summed E-state index contributed by atoms with van der Waals surface area (Å²) in [6, 6.07) is 56.6. The van der Waals surface area contributed by atoms with Gasteiger partial charge in [-0.05, 0) is 52.6 Å². The predicted molar refractivity (Wildman–Crippen MR) is 201 cm³/mol. The molecule has 51 heavy (non-hydrogen) atoms. The Balaban J connectivity index is 1.16. The highest BCUT2D eigenvalue weighted by Crippen LogP contribution is 2.62. The fraction of sp³-hybridized carbons (Fsp3) is 0.0217. The molecule has 0 atom stereocenters. The van der Waals surface area contributed by atoms with Gasteiger partial charge >= 0.3 is 0 Å². The molecule has 11 rings (SSSR count). The molecule has 2 aliphatic rings. The number of nitrogens with zero attached hydrogens (tertiary/aromatic N) is 3. The first-order chi connectivity index (χ1) is 25.3. The topological polar surface area (TPSA) is 61.0 Å². The largest absolute Gasteiger partial charge is 0.457 e. The number of fused-ring (bicyclic) bond motifs is 12. The Morgan fingerprint density at radius 2 is 0.902 bits per heavy atom. The van der Waals surface area contributed by atoms with Crippen molar-refractivity contribution < 1.29 is 9.15 Å². The summed E-state index contributed by atoms with van der Waals surface area (Å²) in [7, 11) is 0. The Bertz CT molecular complexity index is 2740. The summed E-state index contributed by atoms with van der Waals surface area (Å²) < 4.78 is 13.3. The second-order valence-electron chi connectivity index (χ2n) is 13.1. The molecule has 9 aromatic rings. The smallest absolute Gasteiger partial charge is 0.164 e. The van der Waals surface area contributed by atoms with E-state index in [4.69, 9.17) is 24.1 Å². The normalized spacial score (nSPS) is 13.4. The zero-order valence-electron chi connectivity index (χ0n) is 27.2. The monoisotopic (exact) mass is 653 g/mol. The van der Waals surface area contributed by atoms with Gasteiger partial charge < -0.3 is 9.15 Å². The van der Waals surface area contributed by atoms with E-state index in [-0.39, 0.29) is 0 Å². The molecule has 2 aromatic heterocycles. The van der Waals surface area contributed by atoms with Gasteiger partial charge in [-0.25, -0.2) is 15.0 Å². The maximum atomic E-state index is 6.71. The van der Waals surface area contributed by atoms with Crippen LogP contribution in [0.3, 0.4) is 0 Å². The molecule has 0 bridgehead atoms. The van der Waals surface area contributed by atoms with Gasteiger partial charge in [0.05, 0.1) is 5.41 Å². The van der Waals surface area contributed by atoms with Crippen LogP contribution < -0.4 is 4.74 Å². The van der Waals surface area contributed by atoms with Gasteiger partial charge in [-0.15, -0.1) is 0 Å². The van der Waals surface area contributed by atoms with Gasteiger partial charge in [0.25, 0.3) is 0 Å². The molecule has 7 aromatic carbocycles. The summed E-state index contributed by atoms with van der Waals surface area (Å²) >= 11 is 0. The van der Waals surface area contributed by atoms with Crippen molar-refractivity contribution in [2.45, 2.75) is 5.41 Å². The number of rotatable bonds is 3. The molecular weight excluding hydrogens is 627 g/mol. The SMILES string of the molecule is c1ccc(-c2nc(-c3ccccc3)nc(-c3ccc4oc5cc6c(cc5c4c3)C3(c4ccccc4O6)c4ccccc4-c4ccccc43)n2)cc1. The number of benzene rings is 7. The van der Waals surface area contributed by atoms with E-state index in [1.165, 1.54) is 22.3 Å². The molecule has 1 aliphatic carbocycles. The van der Waals surface area contributed by atoms with E-state index in [1.807, 2.05) is 78.9 Å². The van der Waals surface area contributed by atoms with E-state index in [2.05, 4.69) is 84.9 Å². The Kier molecular flexibility index (Phi) is 5.81. The zero-order valence-corrected chi connectivity index (χ0v) is 27.2. The van der Waals surface area contributed by atoms with Crippen molar-refractivity contribution in [1.82, 2.24) is 15.0 Å². The van der Waals surface area contributed by atoms with Crippen molar-refractivity contribution in [3.63, 3.8) is 0 Å². The first-order valence-corrected chi connectivity index (χ1v) is 17.1. The third-order valence-corrected chi connectivity index (χ3v) is 10.4. The summed E-state index contributed by atoms with van der Waals surface area (Å²) in [4.78, 5) is 14.9. The van der Waals surface area contributed by atoms with E-state index in [1.54, 1.807) is 0 Å². The maximum Gasteiger partial charge on any atom is 0.164 e. The molecule has 0 saturated heterocycles. The fourth-order valence-corrected chi connectivity index (χ4v) is 8.20. The summed E-state index contributed by atoms with van der Waals surface area (Å²) in [6.45, 7) is 0. The maximum absolute atomic E-state index is 6.71. The number of furan rings is 1. The minimum absolute atomic E-state index is 0.559. The molecular formula is C46H27N3O2. The lowest BCUT2D eigenvalue weighted by Crippen LogP contribution is -2.32. The van der Waals surface area contributed by atoms with Crippen LogP contribution in [0.2, 0.25) is 0 Å². The quantitative estimate of drug-likeness (QED) is 0.190. The average molecular weight is 654 g/mol. The van der Waals surface area contributed by atoms with E-state index in [0.29, 0.717) is 17.5 Å². The van der Waals surface area contributed by atoms with Crippen LogP contribution in [0.4, 0.5) is 0 Å². The minimum Gasteiger partial charge on any atom is -0.457 e. The highest BCUT2D eigenvalue weighted by atomic mass is 16.5. The molecule has 1 aliphatic heterocycles. The third kappa shape index (κ3) is 4.00. The molecule has 0 radical (unpaired) electrons. The van der Waals surface area contributed by atoms with Gasteiger partial charge in [0.15, 0.2) is 17.5 Å². The minimum atomic E-state index is -0.559. The second kappa shape index (κ2) is 10.6. The first-order valence-electron chi connectivity index (χ1n) is 17.1. The molecule has 0 fully saturated rings. The Hall–Kier alpha value is -6.85. The van der Waals surface area contributed by atoms with Gasteiger partial charge in [-0.1, -0.05) is 127 Å². The summed E-state index contributed by atoms with van der Waals surface area (Å²) in [6.07, 6.45) is 0. The highest BCUT2D eigenvalue weighted by molar-refractivity contribution is 6.07. The van der Waals surface area contributed by atoms with Gasteiger partial charge in [-0.2, -0.15) is 0 Å². The average Bonchev–Trinajstić information content (AvgIpc) is 3.70. The van der Waals surface area contributed by atoms with E-state index < -0.39 is 5.41 Å². The first kappa shape index (κ1) is 28.0. The number of para-hydroxylation sites is 1. The van der Waals surface area contributed by atoms with Crippen molar-refractivity contribution >= 4 is 21.9 Å². The second-order valence-corrected chi connectivity index (χ2v) is 13.1. The Morgan fingerprint density at radius 1 is 0.373 bits per heavy atom. The van der Waals surface area contributed by atoms with Crippen molar-refractivity contribution in [3.05, 3.63) is 186 Å². The summed E-state index contributed by atoms with van der Waals surface area (Å²) in [5.74, 6) is 3.50. The number of ether oxygens (including phenoxy) is 1. The lowest BCUT2D eigenvalue weighted by atomic mass is 9.66. The molecule has 0 saturated carbocycles. The van der Waals surface area contributed by atoms with Crippen molar-refractivity contribution in [1.29, 1.82) is 0 Å². The fourth-order valence-electron chi connectivity index (χ4n) is 8.20. The van der Waals surface area contributed by atoms with E-state index in [0.717, 1.165) is 61.3 Å². The van der Waals surface area contributed by atoms with Crippen LogP contribution in [0.5, 0.6) is 11.5 Å². The van der Waals surface area contributed by atoms with Crippen molar-refractivity contribution in [3.8, 4) is 56.8 Å². The lowest BCUT2D eigenvalue weighted by Gasteiger charge is -2.39. The molecule has 1 spiro atoms. The number of aromatic nitrogens is 3. The van der Waals surface area contributed by atoms with Gasteiger partial charge in [0.2, 0.25) is 0 Å². The van der Waals surface area contributed by atoms with Crippen LogP contribution in [0, 0.1) is 0 Å². The third-order valence-electron chi connectivity index (χ3n) is 10.4. The predicted octanol–water partition coefficient (Wildman–Crippen LogP) is 11.2. The molecule has 5 nitrogen and oxygen atoms in total. The summed E-state index contributed by atoms with van der Waals surface area (Å²) in [5.41, 5.74) is 11.0. The number of hydrogen-bond donors (Lipinski definition) is 0. The van der Waals surface area contributed by atoms with Crippen LogP contribution >= 0.6 is 0 Å². The van der Waals surface area contributed by atoms with Crippen molar-refractivity contribution in [2.75, 3.05) is 0 Å². The Labute approximate surface area is 293 Å². The van der Waals surface area contributed by atoms with E-state index in [9.17, 15) is 0 Å². The molecule has 5 heteroatoms. The van der Waals surface area contributed by atoms with Crippen LogP contribution in [0.25, 0.3) is 67.2 Å². The highest BCUT2D eigenvalue weighted by Gasteiger charge is 2.51. The van der Waals surface area contributed by atoms with Crippen molar-refractivity contribution in [2.24, 2.45) is 0 Å². The van der Waals surface area contributed by atoms with Crippen LogP contribution in [0.15, 0.2) is 168 Å². The molecule has 3 heterocycles. The number of hydrogen-bond acceptors (Lipinski definition) is 5. The lowest BCUT2D eigenvalue weighted by molar-refractivity contribution is 0.436. The Morgan fingerprint density at radius 3 is 1.55 bits per heavy atom. The van der Waals surface area contributed by atoms with Gasteiger partial charge in [0, 0.05) is 44.7 Å². The van der Waals surface area contributed by atoms with Crippen LogP contribution in [-0.2, 0) is 5.41 Å². The van der Waals surface area contributed by atoms with Gasteiger partial charge in [0.1, 0.15) is 22.7 Å². The molecule has 0 amide bonds. The molecule has 0 N–H and O–H groups in total. The standard InChI is InChI=1S/C46H27N3O2/c1-3-13-28(14-4-1)43-47-44(29-15-5-2-6-16-29)49-45(48-43)30-23-24-39-33(25-30)34-26-38-42(27-41(34)50-39)51-40-22-12-11-21-37(40)46(38)35-19-9-7-17-31(35)32-18-8-10-20-36(32)46/h1-27H. The summed E-state index contributed by atoms with van der Waals surface area (Å²) in [5, 5.41) is 2.00.